The van der Waals surface area contributed by atoms with Crippen LogP contribution in [0.15, 0.2) is 42.5 Å². The van der Waals surface area contributed by atoms with Gasteiger partial charge in [-0.2, -0.15) is 0 Å². The van der Waals surface area contributed by atoms with Gasteiger partial charge in [-0.05, 0) is 35.7 Å². The quantitative estimate of drug-likeness (QED) is 0.906. The first-order valence-corrected chi connectivity index (χ1v) is 6.47. The Morgan fingerprint density at radius 3 is 2.45 bits per heavy atom. The van der Waals surface area contributed by atoms with Crippen LogP contribution in [0.25, 0.3) is 0 Å². The van der Waals surface area contributed by atoms with Crippen molar-refractivity contribution in [3.8, 4) is 5.75 Å². The van der Waals surface area contributed by atoms with Crippen LogP contribution in [-0.4, -0.2) is 6.54 Å². The van der Waals surface area contributed by atoms with E-state index >= 15 is 0 Å². The maximum atomic E-state index is 13.4. The van der Waals surface area contributed by atoms with Crippen LogP contribution >= 0.6 is 0 Å². The van der Waals surface area contributed by atoms with Gasteiger partial charge in [0.1, 0.15) is 12.4 Å². The molecular formula is C16H17F2NO. The lowest BCUT2D eigenvalue weighted by molar-refractivity contribution is 0.288. The molecule has 0 aliphatic rings. The summed E-state index contributed by atoms with van der Waals surface area (Å²) in [5.74, 6) is -0.872. The zero-order valence-electron chi connectivity index (χ0n) is 11.3. The lowest BCUT2D eigenvalue weighted by Gasteiger charge is -2.11. The second-order valence-corrected chi connectivity index (χ2v) is 4.74. The highest BCUT2D eigenvalue weighted by atomic mass is 19.1. The average molecular weight is 277 g/mol. The van der Waals surface area contributed by atoms with E-state index in [1.54, 1.807) is 0 Å². The second-order valence-electron chi connectivity index (χ2n) is 4.74. The van der Waals surface area contributed by atoms with Gasteiger partial charge in [0.05, 0.1) is 0 Å². The molecule has 0 heterocycles. The summed E-state index contributed by atoms with van der Waals surface area (Å²) in [7, 11) is 0. The molecule has 0 saturated heterocycles. The fourth-order valence-electron chi connectivity index (χ4n) is 1.83. The summed E-state index contributed by atoms with van der Waals surface area (Å²) < 4.78 is 31.7. The van der Waals surface area contributed by atoms with Crippen LogP contribution in [0.5, 0.6) is 5.75 Å². The molecular weight excluding hydrogens is 260 g/mol. The van der Waals surface area contributed by atoms with Gasteiger partial charge in [-0.25, -0.2) is 8.78 Å². The Bertz CT molecular complexity index is 569. The first-order chi connectivity index (χ1) is 9.60. The minimum absolute atomic E-state index is 0.0793. The van der Waals surface area contributed by atoms with Gasteiger partial charge in [-0.15, -0.1) is 0 Å². The fourth-order valence-corrected chi connectivity index (χ4v) is 1.83. The van der Waals surface area contributed by atoms with E-state index in [9.17, 15) is 8.78 Å². The van der Waals surface area contributed by atoms with Crippen LogP contribution in [0.3, 0.4) is 0 Å². The van der Waals surface area contributed by atoms with Gasteiger partial charge < -0.3 is 10.5 Å². The molecule has 20 heavy (non-hydrogen) atoms. The Kier molecular flexibility index (Phi) is 4.69. The molecule has 0 bridgehead atoms. The van der Waals surface area contributed by atoms with E-state index in [-0.39, 0.29) is 12.4 Å². The van der Waals surface area contributed by atoms with Crippen molar-refractivity contribution in [3.05, 3.63) is 65.2 Å². The molecule has 0 saturated carbocycles. The van der Waals surface area contributed by atoms with E-state index in [0.717, 1.165) is 29.3 Å². The molecule has 0 aromatic heterocycles. The first kappa shape index (κ1) is 14.5. The van der Waals surface area contributed by atoms with E-state index in [4.69, 9.17) is 10.5 Å². The maximum absolute atomic E-state index is 13.4. The number of halogens is 2. The molecule has 0 radical (unpaired) electrons. The monoisotopic (exact) mass is 277 g/mol. The Morgan fingerprint density at radius 2 is 1.80 bits per heavy atom. The highest BCUT2D eigenvalue weighted by Crippen LogP contribution is 2.20. The molecule has 0 spiro atoms. The standard InChI is InChI=1S/C16H17F2NO/c1-11(9-19)13-4-2-12(3-5-13)10-20-16-8-14(17)6-7-15(16)18/h2-8,11H,9-10,19H2,1H3. The summed E-state index contributed by atoms with van der Waals surface area (Å²) in [6.07, 6.45) is 0. The zero-order valence-corrected chi connectivity index (χ0v) is 11.3. The molecule has 2 rings (SSSR count). The predicted molar refractivity (Wildman–Crippen MR) is 74.6 cm³/mol. The molecule has 0 fully saturated rings. The number of hydrogen-bond donors (Lipinski definition) is 1. The van der Waals surface area contributed by atoms with Crippen LogP contribution < -0.4 is 10.5 Å². The summed E-state index contributed by atoms with van der Waals surface area (Å²) in [4.78, 5) is 0. The van der Waals surface area contributed by atoms with Gasteiger partial charge in [0.25, 0.3) is 0 Å². The SMILES string of the molecule is CC(CN)c1ccc(COc2cc(F)ccc2F)cc1. The maximum Gasteiger partial charge on any atom is 0.165 e. The number of ether oxygens (including phenoxy) is 1. The summed E-state index contributed by atoms with van der Waals surface area (Å²) >= 11 is 0. The largest absolute Gasteiger partial charge is 0.486 e. The number of nitrogens with two attached hydrogens (primary N) is 1. The second kappa shape index (κ2) is 6.48. The third kappa shape index (κ3) is 3.54. The highest BCUT2D eigenvalue weighted by Gasteiger charge is 2.06. The van der Waals surface area contributed by atoms with Crippen LogP contribution in [0.1, 0.15) is 24.0 Å². The third-order valence-electron chi connectivity index (χ3n) is 3.19. The van der Waals surface area contributed by atoms with Crippen molar-refractivity contribution in [2.24, 2.45) is 5.73 Å². The molecule has 2 N–H and O–H groups in total. The van der Waals surface area contributed by atoms with Crippen LogP contribution in [0.4, 0.5) is 8.78 Å². The normalized spacial score (nSPS) is 12.2. The Labute approximate surface area is 117 Å². The smallest absolute Gasteiger partial charge is 0.165 e. The van der Waals surface area contributed by atoms with Crippen LogP contribution in [0, 0.1) is 11.6 Å². The van der Waals surface area contributed by atoms with Gasteiger partial charge in [0, 0.05) is 6.07 Å². The average Bonchev–Trinajstić information content (AvgIpc) is 2.48. The van der Waals surface area contributed by atoms with Crippen molar-refractivity contribution < 1.29 is 13.5 Å². The lowest BCUT2D eigenvalue weighted by Crippen LogP contribution is -2.08. The van der Waals surface area contributed by atoms with Crippen molar-refractivity contribution in [1.29, 1.82) is 0 Å². The van der Waals surface area contributed by atoms with Crippen LogP contribution in [-0.2, 0) is 6.61 Å². The van der Waals surface area contributed by atoms with Crippen molar-refractivity contribution in [2.45, 2.75) is 19.4 Å². The van der Waals surface area contributed by atoms with Gasteiger partial charge in [0.2, 0.25) is 0 Å². The van der Waals surface area contributed by atoms with Crippen LogP contribution in [0.2, 0.25) is 0 Å². The molecule has 106 valence electrons. The fraction of sp³-hybridized carbons (Fsp3) is 0.250. The number of hydrogen-bond acceptors (Lipinski definition) is 2. The summed E-state index contributed by atoms with van der Waals surface area (Å²) in [6, 6.07) is 10.9. The molecule has 0 aliphatic carbocycles. The molecule has 2 aromatic carbocycles. The van der Waals surface area contributed by atoms with Gasteiger partial charge >= 0.3 is 0 Å². The summed E-state index contributed by atoms with van der Waals surface area (Å²) in [5, 5.41) is 0. The predicted octanol–water partition coefficient (Wildman–Crippen LogP) is 3.61. The molecule has 0 amide bonds. The van der Waals surface area contributed by atoms with Gasteiger partial charge in [-0.1, -0.05) is 31.2 Å². The summed E-state index contributed by atoms with van der Waals surface area (Å²) in [5.41, 5.74) is 7.64. The number of rotatable bonds is 5. The van der Waals surface area contributed by atoms with Crippen molar-refractivity contribution in [2.75, 3.05) is 6.54 Å². The zero-order chi connectivity index (χ0) is 14.5. The minimum atomic E-state index is -0.570. The Hall–Kier alpha value is -1.94. The van der Waals surface area contributed by atoms with E-state index < -0.39 is 11.6 Å². The Balaban J connectivity index is 2.02. The van der Waals surface area contributed by atoms with Crippen molar-refractivity contribution in [1.82, 2.24) is 0 Å². The Morgan fingerprint density at radius 1 is 1.10 bits per heavy atom. The van der Waals surface area contributed by atoms with E-state index in [0.29, 0.717) is 12.5 Å². The molecule has 1 unspecified atom stereocenters. The van der Waals surface area contributed by atoms with Gasteiger partial charge in [-0.3, -0.25) is 0 Å². The minimum Gasteiger partial charge on any atom is -0.486 e. The van der Waals surface area contributed by atoms with E-state index in [1.165, 1.54) is 0 Å². The number of benzene rings is 2. The van der Waals surface area contributed by atoms with Gasteiger partial charge in [0.15, 0.2) is 11.6 Å². The molecule has 2 nitrogen and oxygen atoms in total. The topological polar surface area (TPSA) is 35.2 Å². The highest BCUT2D eigenvalue weighted by molar-refractivity contribution is 5.27. The molecule has 1 atom stereocenters. The molecule has 0 aliphatic heterocycles. The molecule has 4 heteroatoms. The third-order valence-corrected chi connectivity index (χ3v) is 3.19. The lowest BCUT2D eigenvalue weighted by atomic mass is 10.0. The molecule has 2 aromatic rings. The van der Waals surface area contributed by atoms with Crippen molar-refractivity contribution >= 4 is 0 Å². The van der Waals surface area contributed by atoms with E-state index in [1.807, 2.05) is 31.2 Å². The van der Waals surface area contributed by atoms with E-state index in [2.05, 4.69) is 0 Å². The van der Waals surface area contributed by atoms with Crippen molar-refractivity contribution in [3.63, 3.8) is 0 Å². The first-order valence-electron chi connectivity index (χ1n) is 6.47. The summed E-state index contributed by atoms with van der Waals surface area (Å²) in [6.45, 7) is 2.83.